The Morgan fingerprint density at radius 3 is 2.79 bits per heavy atom. The SMILES string of the molecule is Cc1c(Cl)nc(C(C)C)nc1NCCc1nccs1. The Labute approximate surface area is 122 Å². The molecule has 0 spiro atoms. The zero-order valence-electron chi connectivity index (χ0n) is 11.3. The van der Waals surface area contributed by atoms with Gasteiger partial charge >= 0.3 is 0 Å². The summed E-state index contributed by atoms with van der Waals surface area (Å²) in [4.78, 5) is 13.1. The van der Waals surface area contributed by atoms with E-state index in [4.69, 9.17) is 11.6 Å². The van der Waals surface area contributed by atoms with E-state index in [9.17, 15) is 0 Å². The first-order chi connectivity index (χ1) is 9.08. The predicted molar refractivity (Wildman–Crippen MR) is 80.2 cm³/mol. The average Bonchev–Trinajstić information content (AvgIpc) is 2.87. The molecule has 102 valence electrons. The summed E-state index contributed by atoms with van der Waals surface area (Å²) in [5, 5.41) is 6.95. The summed E-state index contributed by atoms with van der Waals surface area (Å²) in [7, 11) is 0. The Morgan fingerprint density at radius 1 is 1.37 bits per heavy atom. The van der Waals surface area contributed by atoms with Crippen molar-refractivity contribution < 1.29 is 0 Å². The molecule has 0 aliphatic heterocycles. The Kier molecular flexibility index (Phi) is 4.71. The van der Waals surface area contributed by atoms with Gasteiger partial charge in [0.1, 0.15) is 16.8 Å². The van der Waals surface area contributed by atoms with E-state index in [1.54, 1.807) is 11.3 Å². The molecule has 1 N–H and O–H groups in total. The molecule has 0 bridgehead atoms. The van der Waals surface area contributed by atoms with Crippen LogP contribution in [-0.2, 0) is 6.42 Å². The van der Waals surface area contributed by atoms with Crippen LogP contribution in [0.15, 0.2) is 11.6 Å². The van der Waals surface area contributed by atoms with Crippen LogP contribution in [-0.4, -0.2) is 21.5 Å². The smallest absolute Gasteiger partial charge is 0.137 e. The number of nitrogens with zero attached hydrogens (tertiary/aromatic N) is 3. The lowest BCUT2D eigenvalue weighted by Crippen LogP contribution is -2.10. The molecule has 0 aliphatic carbocycles. The van der Waals surface area contributed by atoms with Crippen molar-refractivity contribution in [2.24, 2.45) is 0 Å². The average molecular weight is 297 g/mol. The van der Waals surface area contributed by atoms with Crippen LogP contribution in [0.4, 0.5) is 5.82 Å². The van der Waals surface area contributed by atoms with Gasteiger partial charge in [-0.3, -0.25) is 0 Å². The molecule has 2 heterocycles. The molecule has 4 nitrogen and oxygen atoms in total. The molecule has 0 aliphatic rings. The van der Waals surface area contributed by atoms with Crippen LogP contribution in [0.1, 0.15) is 36.2 Å². The number of aromatic nitrogens is 3. The van der Waals surface area contributed by atoms with Crippen molar-refractivity contribution in [1.82, 2.24) is 15.0 Å². The van der Waals surface area contributed by atoms with Crippen molar-refractivity contribution in [3.05, 3.63) is 33.1 Å². The first-order valence-electron chi connectivity index (χ1n) is 6.24. The molecule has 0 atom stereocenters. The van der Waals surface area contributed by atoms with Gasteiger partial charge in [0.2, 0.25) is 0 Å². The van der Waals surface area contributed by atoms with Crippen LogP contribution in [0.2, 0.25) is 5.15 Å². The summed E-state index contributed by atoms with van der Waals surface area (Å²) in [6.45, 7) is 6.83. The van der Waals surface area contributed by atoms with Gasteiger partial charge in [-0.15, -0.1) is 11.3 Å². The number of nitrogens with one attached hydrogen (secondary N) is 1. The third-order valence-electron chi connectivity index (χ3n) is 2.73. The van der Waals surface area contributed by atoms with E-state index in [1.807, 2.05) is 18.5 Å². The second-order valence-corrected chi connectivity index (χ2v) is 5.94. The molecule has 0 fully saturated rings. The van der Waals surface area contributed by atoms with Crippen molar-refractivity contribution in [2.75, 3.05) is 11.9 Å². The summed E-state index contributed by atoms with van der Waals surface area (Å²) in [6.07, 6.45) is 2.71. The highest BCUT2D eigenvalue weighted by Gasteiger charge is 2.11. The van der Waals surface area contributed by atoms with E-state index in [0.717, 1.165) is 35.2 Å². The van der Waals surface area contributed by atoms with E-state index < -0.39 is 0 Å². The van der Waals surface area contributed by atoms with Crippen LogP contribution >= 0.6 is 22.9 Å². The fraction of sp³-hybridized carbons (Fsp3) is 0.462. The van der Waals surface area contributed by atoms with Crippen molar-refractivity contribution in [2.45, 2.75) is 33.1 Å². The first kappa shape index (κ1) is 14.2. The highest BCUT2D eigenvalue weighted by molar-refractivity contribution is 7.09. The standard InChI is InChI=1S/C13H17ClN4S/c1-8(2)12-17-11(14)9(3)13(18-12)16-5-4-10-15-6-7-19-10/h6-8H,4-5H2,1-3H3,(H,16,17,18). The molecular formula is C13H17ClN4S. The Hall–Kier alpha value is -1.20. The minimum absolute atomic E-state index is 0.262. The lowest BCUT2D eigenvalue weighted by atomic mass is 10.2. The molecule has 2 aromatic heterocycles. The summed E-state index contributed by atoms with van der Waals surface area (Å²) in [6, 6.07) is 0. The first-order valence-corrected chi connectivity index (χ1v) is 7.50. The van der Waals surface area contributed by atoms with Crippen molar-refractivity contribution in [3.63, 3.8) is 0 Å². The molecule has 19 heavy (non-hydrogen) atoms. The summed E-state index contributed by atoms with van der Waals surface area (Å²) in [5.74, 6) is 1.85. The van der Waals surface area contributed by atoms with Gasteiger partial charge in [0.05, 0.1) is 5.01 Å². The van der Waals surface area contributed by atoms with Crippen LogP contribution < -0.4 is 5.32 Å². The monoisotopic (exact) mass is 296 g/mol. The van der Waals surface area contributed by atoms with E-state index >= 15 is 0 Å². The highest BCUT2D eigenvalue weighted by Crippen LogP contribution is 2.22. The van der Waals surface area contributed by atoms with E-state index in [0.29, 0.717) is 5.15 Å². The van der Waals surface area contributed by atoms with E-state index in [-0.39, 0.29) is 5.92 Å². The van der Waals surface area contributed by atoms with Gasteiger partial charge in [-0.2, -0.15) is 0 Å². The fourth-order valence-electron chi connectivity index (χ4n) is 1.60. The molecule has 0 saturated heterocycles. The maximum absolute atomic E-state index is 6.14. The summed E-state index contributed by atoms with van der Waals surface area (Å²) < 4.78 is 0. The van der Waals surface area contributed by atoms with Gasteiger partial charge in [0.15, 0.2) is 0 Å². The second kappa shape index (κ2) is 6.30. The molecule has 6 heteroatoms. The number of thiazole rings is 1. The fourth-order valence-corrected chi connectivity index (χ4v) is 2.40. The van der Waals surface area contributed by atoms with Crippen LogP contribution in [0.25, 0.3) is 0 Å². The topological polar surface area (TPSA) is 50.7 Å². The minimum atomic E-state index is 0.262. The van der Waals surface area contributed by atoms with E-state index in [1.165, 1.54) is 0 Å². The Morgan fingerprint density at radius 2 is 2.16 bits per heavy atom. The number of hydrogen-bond acceptors (Lipinski definition) is 5. The number of anilines is 1. The van der Waals surface area contributed by atoms with Crippen molar-refractivity contribution >= 4 is 28.8 Å². The van der Waals surface area contributed by atoms with Gasteiger partial charge < -0.3 is 5.32 Å². The Bertz CT molecular complexity index is 540. The van der Waals surface area contributed by atoms with Gasteiger partial charge in [-0.25, -0.2) is 15.0 Å². The summed E-state index contributed by atoms with van der Waals surface area (Å²) >= 11 is 7.80. The molecule has 2 aromatic rings. The number of hydrogen-bond donors (Lipinski definition) is 1. The maximum atomic E-state index is 6.14. The molecule has 0 saturated carbocycles. The van der Waals surface area contributed by atoms with Crippen LogP contribution in [0, 0.1) is 6.92 Å². The largest absolute Gasteiger partial charge is 0.369 e. The zero-order valence-corrected chi connectivity index (χ0v) is 12.8. The second-order valence-electron chi connectivity index (χ2n) is 4.60. The lowest BCUT2D eigenvalue weighted by molar-refractivity contribution is 0.771. The molecular weight excluding hydrogens is 280 g/mol. The molecule has 2 rings (SSSR count). The minimum Gasteiger partial charge on any atom is -0.369 e. The zero-order chi connectivity index (χ0) is 13.8. The third-order valence-corrected chi connectivity index (χ3v) is 3.94. The van der Waals surface area contributed by atoms with Crippen molar-refractivity contribution in [3.8, 4) is 0 Å². The van der Waals surface area contributed by atoms with Crippen LogP contribution in [0.3, 0.4) is 0 Å². The number of halogens is 1. The molecule has 0 amide bonds. The van der Waals surface area contributed by atoms with Gasteiger partial charge in [0.25, 0.3) is 0 Å². The molecule has 0 unspecified atom stereocenters. The van der Waals surface area contributed by atoms with E-state index in [2.05, 4.69) is 34.1 Å². The summed E-state index contributed by atoms with van der Waals surface area (Å²) in [5.41, 5.74) is 0.894. The lowest BCUT2D eigenvalue weighted by Gasteiger charge is -2.12. The number of rotatable bonds is 5. The van der Waals surface area contributed by atoms with Gasteiger partial charge in [-0.1, -0.05) is 25.4 Å². The quantitative estimate of drug-likeness (QED) is 0.855. The van der Waals surface area contributed by atoms with Crippen LogP contribution in [0.5, 0.6) is 0 Å². The highest BCUT2D eigenvalue weighted by atomic mass is 35.5. The predicted octanol–water partition coefficient (Wildman–Crippen LogP) is 3.67. The van der Waals surface area contributed by atoms with Gasteiger partial charge in [0, 0.05) is 36.0 Å². The molecule has 0 radical (unpaired) electrons. The third kappa shape index (κ3) is 3.64. The Balaban J connectivity index is 2.06. The normalized spacial score (nSPS) is 11.0. The van der Waals surface area contributed by atoms with Crippen molar-refractivity contribution in [1.29, 1.82) is 0 Å². The molecule has 0 aromatic carbocycles. The maximum Gasteiger partial charge on any atom is 0.137 e. The van der Waals surface area contributed by atoms with Gasteiger partial charge in [-0.05, 0) is 6.92 Å².